The van der Waals surface area contributed by atoms with Gasteiger partial charge in [0.25, 0.3) is 16.0 Å². The first-order valence-electron chi connectivity index (χ1n) is 11.6. The topological polar surface area (TPSA) is 109 Å². The van der Waals surface area contributed by atoms with E-state index in [9.17, 15) is 22.2 Å². The smallest absolute Gasteiger partial charge is 0.296 e. The van der Waals surface area contributed by atoms with E-state index in [2.05, 4.69) is 10.3 Å². The Morgan fingerprint density at radius 3 is 2.21 bits per heavy atom. The fraction of sp³-hybridized carbons (Fsp3) is 0.0357. The van der Waals surface area contributed by atoms with Gasteiger partial charge in [-0.05, 0) is 85.3 Å². The van der Waals surface area contributed by atoms with E-state index in [0.29, 0.717) is 32.0 Å². The molecule has 2 aromatic heterocycles. The maximum atomic E-state index is 13.1. The minimum atomic E-state index is -4.39. The van der Waals surface area contributed by atoms with E-state index in [1.165, 1.54) is 46.9 Å². The van der Waals surface area contributed by atoms with Crippen LogP contribution in [0.2, 0.25) is 0 Å². The first-order chi connectivity index (χ1) is 18.7. The third-order valence-electron chi connectivity index (χ3n) is 6.10. The van der Waals surface area contributed by atoms with Crippen LogP contribution in [-0.2, 0) is 10.1 Å². The number of aryl methyl sites for hydroxylation is 1. The number of hydrogen-bond donors (Lipinski definition) is 2. The molecule has 0 radical (unpaired) electrons. The van der Waals surface area contributed by atoms with E-state index in [0.717, 1.165) is 26.4 Å². The number of hydrogen-bond acceptors (Lipinski definition) is 7. The highest BCUT2D eigenvalue weighted by atomic mass is 32.2. The number of anilines is 1. The molecule has 0 atom stereocenters. The van der Waals surface area contributed by atoms with Crippen LogP contribution in [0.3, 0.4) is 0 Å². The lowest BCUT2D eigenvalue weighted by atomic mass is 10.2. The van der Waals surface area contributed by atoms with Crippen molar-refractivity contribution >= 4 is 64.8 Å². The minimum absolute atomic E-state index is 0.109. The summed E-state index contributed by atoms with van der Waals surface area (Å²) in [7, 11) is -4.39. The number of thiazole rings is 2. The zero-order chi connectivity index (χ0) is 27.3. The van der Waals surface area contributed by atoms with Gasteiger partial charge in [-0.3, -0.25) is 9.35 Å². The third kappa shape index (κ3) is 4.92. The van der Waals surface area contributed by atoms with E-state index in [1.54, 1.807) is 31.2 Å². The second kappa shape index (κ2) is 9.62. The molecule has 0 aliphatic carbocycles. The molecule has 2 heterocycles. The Balaban J connectivity index is 1.27. The summed E-state index contributed by atoms with van der Waals surface area (Å²) in [5, 5.41) is 4.23. The Labute approximate surface area is 230 Å². The molecule has 0 saturated heterocycles. The van der Waals surface area contributed by atoms with Crippen LogP contribution >= 0.6 is 22.7 Å². The summed E-state index contributed by atoms with van der Waals surface area (Å²) in [6, 6.07) is 21.8. The molecule has 2 N–H and O–H groups in total. The highest BCUT2D eigenvalue weighted by Crippen LogP contribution is 2.38. The Morgan fingerprint density at radius 2 is 1.49 bits per heavy atom. The molecule has 0 aliphatic heterocycles. The molecule has 1 amide bonds. The van der Waals surface area contributed by atoms with Crippen LogP contribution < -0.4 is 5.32 Å². The molecule has 0 unspecified atom stereocenters. The van der Waals surface area contributed by atoms with Crippen molar-refractivity contribution in [3.05, 3.63) is 95.8 Å². The first kappa shape index (κ1) is 25.3. The van der Waals surface area contributed by atoms with Crippen molar-refractivity contribution in [2.24, 2.45) is 0 Å². The number of aromatic nitrogens is 2. The summed E-state index contributed by atoms with van der Waals surface area (Å²) in [5.74, 6) is -0.732. The summed E-state index contributed by atoms with van der Waals surface area (Å²) < 4.78 is 48.1. The van der Waals surface area contributed by atoms with Gasteiger partial charge in [0.1, 0.15) is 20.7 Å². The van der Waals surface area contributed by atoms with Gasteiger partial charge in [0.15, 0.2) is 0 Å². The standard InChI is InChI=1S/C28H18FN3O4S3/c1-15-2-12-22-24(25(15)39(34,35)36)38-28(32-22)18-7-13-21-23(14-18)37-27(31-21)17-5-10-20(11-6-17)30-26(33)16-3-8-19(29)9-4-16/h2-14H,1H3,(H,30,33)(H,34,35,36). The second-order valence-electron chi connectivity index (χ2n) is 8.79. The summed E-state index contributed by atoms with van der Waals surface area (Å²) in [6.45, 7) is 1.64. The van der Waals surface area contributed by atoms with Gasteiger partial charge in [-0.1, -0.05) is 6.07 Å². The number of rotatable bonds is 5. The Morgan fingerprint density at radius 1 is 0.846 bits per heavy atom. The summed E-state index contributed by atoms with van der Waals surface area (Å²) in [5.41, 5.74) is 4.44. The van der Waals surface area contributed by atoms with Gasteiger partial charge in [0, 0.05) is 22.4 Å². The normalized spacial score (nSPS) is 11.8. The van der Waals surface area contributed by atoms with E-state index >= 15 is 0 Å². The van der Waals surface area contributed by atoms with Gasteiger partial charge in [-0.15, -0.1) is 22.7 Å². The number of carbonyl (C=O) groups excluding carboxylic acids is 1. The maximum Gasteiger partial charge on any atom is 0.296 e. The summed E-state index contributed by atoms with van der Waals surface area (Å²) in [6.07, 6.45) is 0. The second-order valence-corrected chi connectivity index (χ2v) is 12.2. The molecule has 7 nitrogen and oxygen atoms in total. The fourth-order valence-electron chi connectivity index (χ4n) is 4.19. The van der Waals surface area contributed by atoms with Gasteiger partial charge in [0.05, 0.1) is 20.4 Å². The van der Waals surface area contributed by atoms with E-state index in [-0.39, 0.29) is 10.8 Å². The SMILES string of the molecule is Cc1ccc2nc(-c3ccc4nc(-c5ccc(NC(=O)c6ccc(F)cc6)cc5)sc4c3)sc2c1S(=O)(=O)O. The maximum absolute atomic E-state index is 13.1. The monoisotopic (exact) mass is 575 g/mol. The quantitative estimate of drug-likeness (QED) is 0.211. The van der Waals surface area contributed by atoms with Gasteiger partial charge in [-0.2, -0.15) is 8.42 Å². The van der Waals surface area contributed by atoms with Gasteiger partial charge in [-0.25, -0.2) is 14.4 Å². The highest BCUT2D eigenvalue weighted by Gasteiger charge is 2.21. The van der Waals surface area contributed by atoms with Crippen molar-refractivity contribution in [3.63, 3.8) is 0 Å². The Hall–Kier alpha value is -4.03. The van der Waals surface area contributed by atoms with Crippen molar-refractivity contribution in [1.82, 2.24) is 9.97 Å². The largest absolute Gasteiger partial charge is 0.322 e. The molecule has 0 spiro atoms. The zero-order valence-corrected chi connectivity index (χ0v) is 22.6. The lowest BCUT2D eigenvalue weighted by molar-refractivity contribution is 0.102. The predicted molar refractivity (Wildman–Crippen MR) is 153 cm³/mol. The van der Waals surface area contributed by atoms with Crippen LogP contribution in [0.15, 0.2) is 83.8 Å². The van der Waals surface area contributed by atoms with E-state index < -0.39 is 15.9 Å². The van der Waals surface area contributed by atoms with E-state index in [4.69, 9.17) is 4.98 Å². The molecule has 0 bridgehead atoms. The summed E-state index contributed by atoms with van der Waals surface area (Å²) >= 11 is 2.72. The molecular weight excluding hydrogens is 558 g/mol. The zero-order valence-electron chi connectivity index (χ0n) is 20.2. The van der Waals surface area contributed by atoms with Crippen molar-refractivity contribution in [1.29, 1.82) is 0 Å². The fourth-order valence-corrected chi connectivity index (χ4v) is 7.51. The van der Waals surface area contributed by atoms with Crippen molar-refractivity contribution in [3.8, 4) is 21.1 Å². The van der Waals surface area contributed by atoms with Crippen LogP contribution in [0.5, 0.6) is 0 Å². The van der Waals surface area contributed by atoms with Crippen LogP contribution in [0, 0.1) is 12.7 Å². The number of nitrogens with zero attached hydrogens (tertiary/aromatic N) is 2. The number of carbonyl (C=O) groups is 1. The number of fused-ring (bicyclic) bond motifs is 2. The van der Waals surface area contributed by atoms with Crippen LogP contribution in [-0.4, -0.2) is 28.8 Å². The Bertz CT molecular complexity index is 2000. The average Bonchev–Trinajstić information content (AvgIpc) is 3.52. The molecular formula is C28H18FN3O4S3. The molecule has 0 fully saturated rings. The van der Waals surface area contributed by atoms with Crippen molar-refractivity contribution < 1.29 is 22.2 Å². The van der Waals surface area contributed by atoms with Gasteiger partial charge < -0.3 is 5.32 Å². The minimum Gasteiger partial charge on any atom is -0.322 e. The van der Waals surface area contributed by atoms with Crippen molar-refractivity contribution in [2.45, 2.75) is 11.8 Å². The Kier molecular flexibility index (Phi) is 6.23. The number of amides is 1. The number of halogens is 1. The van der Waals surface area contributed by atoms with Crippen LogP contribution in [0.4, 0.5) is 10.1 Å². The summed E-state index contributed by atoms with van der Waals surface area (Å²) in [4.78, 5) is 21.6. The molecule has 0 aliphatic rings. The predicted octanol–water partition coefficient (Wildman–Crippen LogP) is 7.19. The molecule has 194 valence electrons. The lowest BCUT2D eigenvalue weighted by Crippen LogP contribution is -2.11. The molecule has 39 heavy (non-hydrogen) atoms. The van der Waals surface area contributed by atoms with E-state index in [1.807, 2.05) is 30.3 Å². The van der Waals surface area contributed by atoms with Gasteiger partial charge in [0.2, 0.25) is 0 Å². The van der Waals surface area contributed by atoms with Crippen molar-refractivity contribution in [2.75, 3.05) is 5.32 Å². The highest BCUT2D eigenvalue weighted by molar-refractivity contribution is 7.86. The molecule has 6 rings (SSSR count). The van der Waals surface area contributed by atoms with Crippen LogP contribution in [0.1, 0.15) is 15.9 Å². The molecule has 4 aromatic carbocycles. The first-order valence-corrected chi connectivity index (χ1v) is 14.7. The molecule has 6 aromatic rings. The van der Waals surface area contributed by atoms with Crippen LogP contribution in [0.25, 0.3) is 41.6 Å². The average molecular weight is 576 g/mol. The molecule has 11 heteroatoms. The number of benzene rings is 4. The number of nitrogens with one attached hydrogen (secondary N) is 1. The molecule has 0 saturated carbocycles. The third-order valence-corrected chi connectivity index (χ3v) is 9.47. The lowest BCUT2D eigenvalue weighted by Gasteiger charge is -2.06. The van der Waals surface area contributed by atoms with Gasteiger partial charge >= 0.3 is 0 Å².